The SMILES string of the molecule is O=C(O)CS(=O)CC(=O)Nc1ccc(Cl)cc1C(F)(F)F. The van der Waals surface area contributed by atoms with Crippen LogP contribution in [0, 0.1) is 0 Å². The highest BCUT2D eigenvalue weighted by atomic mass is 35.5. The molecule has 0 aliphatic heterocycles. The topological polar surface area (TPSA) is 83.5 Å². The van der Waals surface area contributed by atoms with E-state index in [-0.39, 0.29) is 5.02 Å². The lowest BCUT2D eigenvalue weighted by Gasteiger charge is -2.14. The Hall–Kier alpha value is -1.61. The normalized spacial score (nSPS) is 12.8. The smallest absolute Gasteiger partial charge is 0.418 e. The molecule has 0 radical (unpaired) electrons. The third kappa shape index (κ3) is 5.72. The van der Waals surface area contributed by atoms with Gasteiger partial charge in [-0.25, -0.2) is 0 Å². The molecule has 5 nitrogen and oxygen atoms in total. The molecular formula is C11H9ClF3NO4S. The first-order valence-corrected chi connectivity index (χ1v) is 7.19. The monoisotopic (exact) mass is 343 g/mol. The van der Waals surface area contributed by atoms with Crippen molar-refractivity contribution in [2.75, 3.05) is 16.8 Å². The molecule has 0 fully saturated rings. The number of rotatable bonds is 5. The van der Waals surface area contributed by atoms with E-state index in [4.69, 9.17) is 16.7 Å². The number of halogens is 4. The maximum Gasteiger partial charge on any atom is 0.418 e. The van der Waals surface area contributed by atoms with Crippen molar-refractivity contribution in [2.45, 2.75) is 6.18 Å². The molecule has 0 aliphatic rings. The van der Waals surface area contributed by atoms with Crippen LogP contribution in [0.3, 0.4) is 0 Å². The first-order valence-electron chi connectivity index (χ1n) is 5.33. The first-order chi connectivity index (χ1) is 9.59. The van der Waals surface area contributed by atoms with Gasteiger partial charge in [-0.2, -0.15) is 13.2 Å². The van der Waals surface area contributed by atoms with Crippen LogP contribution in [0.1, 0.15) is 5.56 Å². The Balaban J connectivity index is 2.86. The van der Waals surface area contributed by atoms with Crippen molar-refractivity contribution in [3.63, 3.8) is 0 Å². The maximum absolute atomic E-state index is 12.8. The Labute approximate surface area is 124 Å². The van der Waals surface area contributed by atoms with Gasteiger partial charge in [0.05, 0.1) is 11.3 Å². The molecule has 0 heterocycles. The number of aliphatic carboxylic acids is 1. The van der Waals surface area contributed by atoms with E-state index in [9.17, 15) is 27.0 Å². The van der Waals surface area contributed by atoms with Gasteiger partial charge in [-0.15, -0.1) is 0 Å². The molecule has 0 spiro atoms. The summed E-state index contributed by atoms with van der Waals surface area (Å²) < 4.78 is 49.5. The molecule has 10 heteroatoms. The van der Waals surface area contributed by atoms with E-state index in [1.54, 1.807) is 0 Å². The van der Waals surface area contributed by atoms with Crippen LogP contribution >= 0.6 is 11.6 Å². The minimum Gasteiger partial charge on any atom is -0.481 e. The summed E-state index contributed by atoms with van der Waals surface area (Å²) in [5.74, 6) is -3.84. The molecule has 1 aromatic rings. The lowest BCUT2D eigenvalue weighted by atomic mass is 10.1. The lowest BCUT2D eigenvalue weighted by molar-refractivity contribution is -0.137. The molecule has 0 aliphatic carbocycles. The predicted octanol–water partition coefficient (Wildman–Crippen LogP) is 2.13. The Morgan fingerprint density at radius 2 is 1.90 bits per heavy atom. The molecule has 1 unspecified atom stereocenters. The van der Waals surface area contributed by atoms with Crippen molar-refractivity contribution in [1.82, 2.24) is 0 Å². The average molecular weight is 344 g/mol. The standard InChI is InChI=1S/C11H9ClF3NO4S/c12-6-1-2-8(7(3-6)11(13,14)15)16-9(17)4-21(20)5-10(18)19/h1-3H,4-5H2,(H,16,17)(H,18,19). The van der Waals surface area contributed by atoms with E-state index in [0.29, 0.717) is 6.07 Å². The maximum atomic E-state index is 12.8. The second kappa shape index (κ2) is 6.90. The molecular weight excluding hydrogens is 335 g/mol. The predicted molar refractivity (Wildman–Crippen MR) is 70.6 cm³/mol. The summed E-state index contributed by atoms with van der Waals surface area (Å²) in [6.07, 6.45) is -4.73. The van der Waals surface area contributed by atoms with Crippen LogP contribution in [-0.2, 0) is 26.6 Å². The number of anilines is 1. The van der Waals surface area contributed by atoms with E-state index in [1.165, 1.54) is 0 Å². The Bertz CT molecular complexity index is 591. The molecule has 1 amide bonds. The summed E-state index contributed by atoms with van der Waals surface area (Å²) >= 11 is 5.47. The van der Waals surface area contributed by atoms with Gasteiger partial charge in [0.1, 0.15) is 11.5 Å². The van der Waals surface area contributed by atoms with Crippen LogP contribution in [-0.4, -0.2) is 32.7 Å². The zero-order valence-electron chi connectivity index (χ0n) is 10.2. The van der Waals surface area contributed by atoms with Crippen molar-refractivity contribution < 1.29 is 32.1 Å². The van der Waals surface area contributed by atoms with E-state index < -0.39 is 51.6 Å². The zero-order chi connectivity index (χ0) is 16.2. The van der Waals surface area contributed by atoms with Crippen molar-refractivity contribution in [1.29, 1.82) is 0 Å². The van der Waals surface area contributed by atoms with Crippen molar-refractivity contribution in [3.05, 3.63) is 28.8 Å². The van der Waals surface area contributed by atoms with E-state index in [1.807, 2.05) is 5.32 Å². The summed E-state index contributed by atoms with van der Waals surface area (Å²) in [4.78, 5) is 21.8. The number of carbonyl (C=O) groups excluding carboxylic acids is 1. The minimum atomic E-state index is -4.73. The second-order valence-corrected chi connectivity index (χ2v) is 5.75. The largest absolute Gasteiger partial charge is 0.481 e. The van der Waals surface area contributed by atoms with Gasteiger partial charge >= 0.3 is 12.1 Å². The summed E-state index contributed by atoms with van der Waals surface area (Å²) in [7, 11) is -2.00. The second-order valence-electron chi connectivity index (χ2n) is 3.86. The van der Waals surface area contributed by atoms with Crippen molar-refractivity contribution >= 4 is 40.0 Å². The molecule has 0 aromatic heterocycles. The number of hydrogen-bond acceptors (Lipinski definition) is 3. The van der Waals surface area contributed by atoms with E-state index in [2.05, 4.69) is 0 Å². The number of carbonyl (C=O) groups is 2. The molecule has 0 saturated carbocycles. The van der Waals surface area contributed by atoms with Gasteiger partial charge in [0, 0.05) is 15.8 Å². The Morgan fingerprint density at radius 1 is 1.29 bits per heavy atom. The highest BCUT2D eigenvalue weighted by Crippen LogP contribution is 2.36. The third-order valence-corrected chi connectivity index (χ3v) is 3.53. The number of nitrogens with one attached hydrogen (secondary N) is 1. The van der Waals surface area contributed by atoms with Crippen LogP contribution in [0.25, 0.3) is 0 Å². The van der Waals surface area contributed by atoms with E-state index >= 15 is 0 Å². The summed E-state index contributed by atoms with van der Waals surface area (Å²) in [6.45, 7) is 0. The molecule has 1 atom stereocenters. The van der Waals surface area contributed by atoms with Crippen LogP contribution in [0.2, 0.25) is 5.02 Å². The molecule has 0 bridgehead atoms. The third-order valence-electron chi connectivity index (χ3n) is 2.14. The van der Waals surface area contributed by atoms with Crippen molar-refractivity contribution in [2.24, 2.45) is 0 Å². The lowest BCUT2D eigenvalue weighted by Crippen LogP contribution is -2.24. The molecule has 116 valence electrons. The quantitative estimate of drug-likeness (QED) is 0.858. The Kier molecular flexibility index (Phi) is 5.73. The Morgan fingerprint density at radius 3 is 2.43 bits per heavy atom. The van der Waals surface area contributed by atoms with Gasteiger partial charge < -0.3 is 10.4 Å². The van der Waals surface area contributed by atoms with Gasteiger partial charge in [-0.3, -0.25) is 13.8 Å². The highest BCUT2D eigenvalue weighted by Gasteiger charge is 2.34. The number of carboxylic acids is 1. The fourth-order valence-corrected chi connectivity index (χ4v) is 2.30. The van der Waals surface area contributed by atoms with Gasteiger partial charge in [0.25, 0.3) is 0 Å². The minimum absolute atomic E-state index is 0.158. The molecule has 0 saturated heterocycles. The van der Waals surface area contributed by atoms with Gasteiger partial charge in [-0.1, -0.05) is 11.6 Å². The first kappa shape index (κ1) is 17.4. The fourth-order valence-electron chi connectivity index (χ4n) is 1.38. The molecule has 21 heavy (non-hydrogen) atoms. The number of hydrogen-bond donors (Lipinski definition) is 2. The molecule has 1 aromatic carbocycles. The van der Waals surface area contributed by atoms with Crippen LogP contribution < -0.4 is 5.32 Å². The summed E-state index contributed by atoms with van der Waals surface area (Å²) in [6, 6.07) is 2.76. The van der Waals surface area contributed by atoms with Gasteiger partial charge in [-0.05, 0) is 18.2 Å². The number of amides is 1. The zero-order valence-corrected chi connectivity index (χ0v) is 11.8. The van der Waals surface area contributed by atoms with Crippen LogP contribution in [0.4, 0.5) is 18.9 Å². The molecule has 2 N–H and O–H groups in total. The number of carboxylic acid groups (broad SMARTS) is 1. The van der Waals surface area contributed by atoms with Crippen LogP contribution in [0.15, 0.2) is 18.2 Å². The fraction of sp³-hybridized carbons (Fsp3) is 0.273. The highest BCUT2D eigenvalue weighted by molar-refractivity contribution is 7.86. The number of benzene rings is 1. The summed E-state index contributed by atoms with van der Waals surface area (Å²) in [5, 5.41) is 10.2. The van der Waals surface area contributed by atoms with Crippen molar-refractivity contribution in [3.8, 4) is 0 Å². The van der Waals surface area contributed by atoms with E-state index in [0.717, 1.165) is 12.1 Å². The van der Waals surface area contributed by atoms with Gasteiger partial charge in [0.2, 0.25) is 5.91 Å². The molecule has 1 rings (SSSR count). The van der Waals surface area contributed by atoms with Crippen LogP contribution in [0.5, 0.6) is 0 Å². The van der Waals surface area contributed by atoms with Gasteiger partial charge in [0.15, 0.2) is 0 Å². The summed E-state index contributed by atoms with van der Waals surface area (Å²) in [5.41, 5.74) is -1.68. The number of alkyl halides is 3. The average Bonchev–Trinajstić information content (AvgIpc) is 2.28.